The molecule has 0 atom stereocenters. The first kappa shape index (κ1) is 24.4. The van der Waals surface area contributed by atoms with E-state index >= 15 is 0 Å². The minimum absolute atomic E-state index is 0.641. The number of hydrogen-bond donors (Lipinski definition) is 0. The van der Waals surface area contributed by atoms with Gasteiger partial charge in [0.2, 0.25) is 0 Å². The molecule has 160 valence electrons. The molecule has 0 aromatic carbocycles. The van der Waals surface area contributed by atoms with Crippen LogP contribution in [0.3, 0.4) is 0 Å². The van der Waals surface area contributed by atoms with Crippen LogP contribution in [-0.2, 0) is 0 Å². The molecule has 0 spiro atoms. The summed E-state index contributed by atoms with van der Waals surface area (Å²) in [5.41, 5.74) is 0. The lowest BCUT2D eigenvalue weighted by molar-refractivity contribution is 0.139. The molecule has 0 bridgehead atoms. The van der Waals surface area contributed by atoms with E-state index in [0.717, 1.165) is 0 Å². The van der Waals surface area contributed by atoms with Crippen LogP contribution in [0.1, 0.15) is 130 Å². The lowest BCUT2D eigenvalue weighted by Crippen LogP contribution is -2.39. The van der Waals surface area contributed by atoms with Gasteiger partial charge in [0.25, 0.3) is 0 Å². The highest BCUT2D eigenvalue weighted by atomic mass is 15.4. The molecule has 0 fully saturated rings. The molecule has 1 heterocycles. The second kappa shape index (κ2) is 17.4. The van der Waals surface area contributed by atoms with Crippen molar-refractivity contribution in [3.63, 3.8) is 0 Å². The molecule has 0 aromatic rings. The van der Waals surface area contributed by atoms with Crippen LogP contribution >= 0.6 is 0 Å². The lowest BCUT2D eigenvalue weighted by Gasteiger charge is -2.32. The van der Waals surface area contributed by atoms with Gasteiger partial charge in [-0.2, -0.15) is 0 Å². The van der Waals surface area contributed by atoms with Crippen molar-refractivity contribution in [2.24, 2.45) is 0 Å². The molecular weight excluding hydrogens is 328 g/mol. The van der Waals surface area contributed by atoms with Crippen LogP contribution in [0.4, 0.5) is 0 Å². The van der Waals surface area contributed by atoms with Crippen LogP contribution in [0, 0.1) is 0 Å². The standard InChI is InChI=1S/C25H50N2/c1-4-7-8-9-10-11-12-13-14-15-16-17-18-19-20-25-26(21-5-2)23-24-27(25)22-6-3/h23-25H,4-22H2,1-3H3. The fraction of sp³-hybridized carbons (Fsp3) is 0.920. The summed E-state index contributed by atoms with van der Waals surface area (Å²) in [5, 5.41) is 0. The monoisotopic (exact) mass is 378 g/mol. The molecule has 0 unspecified atom stereocenters. The molecular formula is C25H50N2. The summed E-state index contributed by atoms with van der Waals surface area (Å²) in [5.74, 6) is 0. The van der Waals surface area contributed by atoms with Gasteiger partial charge in [0.15, 0.2) is 0 Å². The second-order valence-corrected chi connectivity index (χ2v) is 8.64. The van der Waals surface area contributed by atoms with Crippen LogP contribution in [0.5, 0.6) is 0 Å². The SMILES string of the molecule is CCCCCCCCCCCCCCCCC1N(CCC)C=CN1CCC. The quantitative estimate of drug-likeness (QED) is 0.209. The van der Waals surface area contributed by atoms with Gasteiger partial charge < -0.3 is 9.80 Å². The van der Waals surface area contributed by atoms with Crippen LogP contribution in [0.2, 0.25) is 0 Å². The molecule has 1 aliphatic heterocycles. The van der Waals surface area contributed by atoms with Crippen molar-refractivity contribution in [1.29, 1.82) is 0 Å². The molecule has 0 aliphatic carbocycles. The Bertz CT molecular complexity index is 323. The molecule has 2 heteroatoms. The zero-order chi connectivity index (χ0) is 19.6. The van der Waals surface area contributed by atoms with E-state index in [1.54, 1.807) is 0 Å². The zero-order valence-corrected chi connectivity index (χ0v) is 19.1. The van der Waals surface area contributed by atoms with Gasteiger partial charge >= 0.3 is 0 Å². The average Bonchev–Trinajstić information content (AvgIpc) is 3.04. The van der Waals surface area contributed by atoms with Gasteiger partial charge in [-0.25, -0.2) is 0 Å². The van der Waals surface area contributed by atoms with E-state index in [-0.39, 0.29) is 0 Å². The van der Waals surface area contributed by atoms with Crippen molar-refractivity contribution in [3.8, 4) is 0 Å². The van der Waals surface area contributed by atoms with Crippen molar-refractivity contribution in [2.75, 3.05) is 13.1 Å². The number of nitrogens with zero attached hydrogens (tertiary/aromatic N) is 2. The number of hydrogen-bond acceptors (Lipinski definition) is 2. The summed E-state index contributed by atoms with van der Waals surface area (Å²) in [6, 6.07) is 0. The van der Waals surface area contributed by atoms with Gasteiger partial charge in [-0.1, -0.05) is 104 Å². The molecule has 27 heavy (non-hydrogen) atoms. The van der Waals surface area contributed by atoms with Crippen molar-refractivity contribution in [3.05, 3.63) is 12.4 Å². The van der Waals surface area contributed by atoms with E-state index in [4.69, 9.17) is 0 Å². The number of rotatable bonds is 19. The summed E-state index contributed by atoms with van der Waals surface area (Å²) in [7, 11) is 0. The topological polar surface area (TPSA) is 6.48 Å². The Morgan fingerprint density at radius 2 is 0.852 bits per heavy atom. The Morgan fingerprint density at radius 3 is 1.22 bits per heavy atom. The zero-order valence-electron chi connectivity index (χ0n) is 19.1. The predicted molar refractivity (Wildman–Crippen MR) is 122 cm³/mol. The Morgan fingerprint density at radius 1 is 0.481 bits per heavy atom. The van der Waals surface area contributed by atoms with E-state index in [9.17, 15) is 0 Å². The van der Waals surface area contributed by atoms with Gasteiger partial charge in [-0.05, 0) is 25.7 Å². The molecule has 0 amide bonds. The Kier molecular flexibility index (Phi) is 15.7. The van der Waals surface area contributed by atoms with Gasteiger partial charge in [0, 0.05) is 25.5 Å². The maximum Gasteiger partial charge on any atom is 0.101 e. The number of unbranched alkanes of at least 4 members (excludes halogenated alkanes) is 13. The van der Waals surface area contributed by atoms with Crippen LogP contribution in [0.15, 0.2) is 12.4 Å². The highest BCUT2D eigenvalue weighted by Crippen LogP contribution is 2.22. The molecule has 1 rings (SSSR count). The summed E-state index contributed by atoms with van der Waals surface area (Å²) in [6.07, 6.45) is 29.4. The summed E-state index contributed by atoms with van der Waals surface area (Å²) < 4.78 is 0. The molecule has 0 saturated heterocycles. The van der Waals surface area contributed by atoms with Gasteiger partial charge in [-0.15, -0.1) is 0 Å². The second-order valence-electron chi connectivity index (χ2n) is 8.64. The third-order valence-corrected chi connectivity index (χ3v) is 5.99. The largest absolute Gasteiger partial charge is 0.356 e. The predicted octanol–water partition coefficient (Wildman–Crippen LogP) is 8.09. The highest BCUT2D eigenvalue weighted by Gasteiger charge is 2.24. The van der Waals surface area contributed by atoms with Crippen molar-refractivity contribution in [2.45, 2.75) is 136 Å². The summed E-state index contributed by atoms with van der Waals surface area (Å²) >= 11 is 0. The lowest BCUT2D eigenvalue weighted by atomic mass is 10.0. The smallest absolute Gasteiger partial charge is 0.101 e. The minimum atomic E-state index is 0.641. The third kappa shape index (κ3) is 11.7. The molecule has 0 aromatic heterocycles. The first-order valence-electron chi connectivity index (χ1n) is 12.5. The fourth-order valence-electron chi connectivity index (χ4n) is 4.38. The van der Waals surface area contributed by atoms with Crippen molar-refractivity contribution in [1.82, 2.24) is 9.80 Å². The maximum absolute atomic E-state index is 2.57. The van der Waals surface area contributed by atoms with E-state index < -0.39 is 0 Å². The van der Waals surface area contributed by atoms with Crippen LogP contribution in [0.25, 0.3) is 0 Å². The molecule has 2 nitrogen and oxygen atoms in total. The van der Waals surface area contributed by atoms with E-state index in [1.807, 2.05) is 0 Å². The minimum Gasteiger partial charge on any atom is -0.356 e. The van der Waals surface area contributed by atoms with Gasteiger partial charge in [-0.3, -0.25) is 0 Å². The highest BCUT2D eigenvalue weighted by molar-refractivity contribution is 4.96. The van der Waals surface area contributed by atoms with Crippen molar-refractivity contribution >= 4 is 0 Å². The van der Waals surface area contributed by atoms with E-state index in [2.05, 4.69) is 43.0 Å². The van der Waals surface area contributed by atoms with Gasteiger partial charge in [0.05, 0.1) is 0 Å². The Hall–Kier alpha value is -0.660. The van der Waals surface area contributed by atoms with Crippen LogP contribution in [-0.4, -0.2) is 29.1 Å². The molecule has 1 aliphatic rings. The first-order chi connectivity index (χ1) is 13.3. The molecule has 0 N–H and O–H groups in total. The van der Waals surface area contributed by atoms with Gasteiger partial charge in [0.1, 0.15) is 6.17 Å². The third-order valence-electron chi connectivity index (χ3n) is 5.99. The maximum atomic E-state index is 2.57. The van der Waals surface area contributed by atoms with Crippen molar-refractivity contribution < 1.29 is 0 Å². The molecule has 0 radical (unpaired) electrons. The summed E-state index contributed by atoms with van der Waals surface area (Å²) in [4.78, 5) is 5.13. The van der Waals surface area contributed by atoms with Crippen LogP contribution < -0.4 is 0 Å². The van der Waals surface area contributed by atoms with E-state index in [1.165, 1.54) is 122 Å². The first-order valence-corrected chi connectivity index (χ1v) is 12.5. The fourth-order valence-corrected chi connectivity index (χ4v) is 4.38. The Balaban J connectivity index is 1.93. The average molecular weight is 379 g/mol. The molecule has 0 saturated carbocycles. The Labute approximate surface area is 171 Å². The normalized spacial score (nSPS) is 14.6. The summed E-state index contributed by atoms with van der Waals surface area (Å²) in [6.45, 7) is 9.30. The van der Waals surface area contributed by atoms with E-state index in [0.29, 0.717) is 6.17 Å².